The Bertz CT molecular complexity index is 549. The van der Waals surface area contributed by atoms with Gasteiger partial charge in [0, 0.05) is 25.2 Å². The molecule has 1 aromatic rings. The van der Waals surface area contributed by atoms with Crippen molar-refractivity contribution in [2.75, 3.05) is 13.1 Å². The van der Waals surface area contributed by atoms with Crippen LogP contribution in [-0.2, 0) is 16.0 Å². The Kier molecular flexibility index (Phi) is 7.95. The van der Waals surface area contributed by atoms with E-state index in [1.54, 1.807) is 0 Å². The molecule has 0 spiro atoms. The number of rotatable bonds is 10. The van der Waals surface area contributed by atoms with E-state index in [-0.39, 0.29) is 17.7 Å². The molecule has 1 aromatic heterocycles. The fourth-order valence-corrected chi connectivity index (χ4v) is 3.37. The van der Waals surface area contributed by atoms with Crippen molar-refractivity contribution in [1.29, 1.82) is 0 Å². The van der Waals surface area contributed by atoms with E-state index in [1.807, 2.05) is 20.0 Å². The van der Waals surface area contributed by atoms with Gasteiger partial charge in [0.25, 0.3) is 0 Å². The van der Waals surface area contributed by atoms with Crippen LogP contribution in [0.1, 0.15) is 63.1 Å². The summed E-state index contributed by atoms with van der Waals surface area (Å²) in [6, 6.07) is 0. The van der Waals surface area contributed by atoms with Crippen LogP contribution in [0.25, 0.3) is 0 Å². The lowest BCUT2D eigenvalue weighted by molar-refractivity contribution is -0.125. The van der Waals surface area contributed by atoms with Gasteiger partial charge in [-0.3, -0.25) is 14.7 Å². The maximum atomic E-state index is 12.1. The van der Waals surface area contributed by atoms with Crippen molar-refractivity contribution >= 4 is 11.8 Å². The Morgan fingerprint density at radius 1 is 1.32 bits per heavy atom. The molecule has 3 N–H and O–H groups in total. The van der Waals surface area contributed by atoms with Gasteiger partial charge in [-0.15, -0.1) is 0 Å². The number of hydrogen-bond acceptors (Lipinski definition) is 3. The summed E-state index contributed by atoms with van der Waals surface area (Å²) in [4.78, 5) is 24.0. The summed E-state index contributed by atoms with van der Waals surface area (Å²) in [7, 11) is 0. The van der Waals surface area contributed by atoms with E-state index in [9.17, 15) is 9.59 Å². The highest BCUT2D eigenvalue weighted by molar-refractivity contribution is 5.80. The predicted molar refractivity (Wildman–Crippen MR) is 98.0 cm³/mol. The van der Waals surface area contributed by atoms with Crippen LogP contribution in [-0.4, -0.2) is 35.1 Å². The minimum absolute atomic E-state index is 0.00000785. The van der Waals surface area contributed by atoms with Gasteiger partial charge in [-0.1, -0.05) is 32.6 Å². The minimum atomic E-state index is -0.203. The van der Waals surface area contributed by atoms with Gasteiger partial charge in [0.2, 0.25) is 11.8 Å². The van der Waals surface area contributed by atoms with Gasteiger partial charge in [-0.25, -0.2) is 0 Å². The second-order valence-electron chi connectivity index (χ2n) is 7.31. The zero-order chi connectivity index (χ0) is 18.1. The smallest absolute Gasteiger partial charge is 0.224 e. The number of aryl methyl sites for hydroxylation is 2. The number of aromatic amines is 1. The summed E-state index contributed by atoms with van der Waals surface area (Å²) >= 11 is 0. The van der Waals surface area contributed by atoms with E-state index in [1.165, 1.54) is 31.2 Å². The molecule has 140 valence electrons. The molecule has 1 saturated carbocycles. The molecule has 25 heavy (non-hydrogen) atoms. The molecular formula is C19H32N4O2. The molecule has 2 amide bonds. The second kappa shape index (κ2) is 10.2. The molecule has 2 rings (SSSR count). The summed E-state index contributed by atoms with van der Waals surface area (Å²) in [6.07, 6.45) is 10.3. The molecule has 0 aliphatic heterocycles. The largest absolute Gasteiger partial charge is 0.356 e. The Labute approximate surface area is 150 Å². The molecule has 0 bridgehead atoms. The molecule has 1 heterocycles. The van der Waals surface area contributed by atoms with Gasteiger partial charge in [-0.05, 0) is 37.7 Å². The molecule has 0 saturated heterocycles. The van der Waals surface area contributed by atoms with Crippen LogP contribution < -0.4 is 10.6 Å². The first-order valence-electron chi connectivity index (χ1n) is 9.59. The Hall–Kier alpha value is -1.85. The van der Waals surface area contributed by atoms with Gasteiger partial charge in [0.15, 0.2) is 0 Å². The van der Waals surface area contributed by atoms with E-state index < -0.39 is 0 Å². The van der Waals surface area contributed by atoms with Crippen molar-refractivity contribution in [1.82, 2.24) is 20.8 Å². The first-order valence-corrected chi connectivity index (χ1v) is 9.59. The highest BCUT2D eigenvalue weighted by Crippen LogP contribution is 2.28. The highest BCUT2D eigenvalue weighted by atomic mass is 16.2. The van der Waals surface area contributed by atoms with Crippen LogP contribution >= 0.6 is 0 Å². The number of carbonyl (C=O) groups excluding carboxylic acids is 2. The zero-order valence-corrected chi connectivity index (χ0v) is 15.6. The third-order valence-corrected chi connectivity index (χ3v) is 5.16. The Balaban J connectivity index is 1.53. The fraction of sp³-hybridized carbons (Fsp3) is 0.737. The summed E-state index contributed by atoms with van der Waals surface area (Å²) in [5, 5.41) is 12.7. The van der Waals surface area contributed by atoms with Crippen LogP contribution in [0.3, 0.4) is 0 Å². The van der Waals surface area contributed by atoms with E-state index in [4.69, 9.17) is 0 Å². The minimum Gasteiger partial charge on any atom is -0.356 e. The third-order valence-electron chi connectivity index (χ3n) is 5.16. The number of H-pyrrole nitrogens is 1. The lowest BCUT2D eigenvalue weighted by Gasteiger charge is -2.14. The summed E-state index contributed by atoms with van der Waals surface area (Å²) in [5.41, 5.74) is 2.27. The first-order chi connectivity index (χ1) is 12.1. The quantitative estimate of drug-likeness (QED) is 0.568. The molecule has 0 radical (unpaired) electrons. The molecule has 6 heteroatoms. The van der Waals surface area contributed by atoms with Gasteiger partial charge >= 0.3 is 0 Å². The van der Waals surface area contributed by atoms with Crippen molar-refractivity contribution in [3.8, 4) is 0 Å². The second-order valence-corrected chi connectivity index (χ2v) is 7.31. The normalized spacial score (nSPS) is 15.9. The van der Waals surface area contributed by atoms with Crippen LogP contribution in [0.4, 0.5) is 0 Å². The topological polar surface area (TPSA) is 86.9 Å². The molecule has 0 aromatic carbocycles. The molecule has 0 unspecified atom stereocenters. The Morgan fingerprint density at radius 2 is 2.08 bits per heavy atom. The van der Waals surface area contributed by atoms with Gasteiger partial charge < -0.3 is 10.6 Å². The van der Waals surface area contributed by atoms with Crippen LogP contribution in [0.15, 0.2) is 6.20 Å². The molecule has 1 fully saturated rings. The molecule has 1 aliphatic rings. The fourth-order valence-electron chi connectivity index (χ4n) is 3.37. The van der Waals surface area contributed by atoms with E-state index in [0.29, 0.717) is 19.5 Å². The van der Waals surface area contributed by atoms with Gasteiger partial charge in [0.05, 0.1) is 12.1 Å². The van der Waals surface area contributed by atoms with Crippen molar-refractivity contribution in [3.05, 3.63) is 17.5 Å². The number of nitrogens with zero attached hydrogens (tertiary/aromatic N) is 1. The monoisotopic (exact) mass is 348 g/mol. The third kappa shape index (κ3) is 6.88. The van der Waals surface area contributed by atoms with Crippen LogP contribution in [0.2, 0.25) is 0 Å². The number of hydrogen-bond donors (Lipinski definition) is 3. The number of carbonyl (C=O) groups is 2. The highest BCUT2D eigenvalue weighted by Gasteiger charge is 2.17. The standard InChI is InChI=1S/C19H32N4O2/c1-14(12-21-18(24)10-9-16-6-3-4-7-16)19(25)20-11-5-8-17-13-22-23-15(17)2/h13-14,16H,3-12H2,1-2H3,(H,20,25)(H,21,24)(H,22,23)/t14-/m0/s1. The maximum Gasteiger partial charge on any atom is 0.224 e. The number of amides is 2. The van der Waals surface area contributed by atoms with Gasteiger partial charge in [-0.2, -0.15) is 5.10 Å². The maximum absolute atomic E-state index is 12.1. The summed E-state index contributed by atoms with van der Waals surface area (Å²) < 4.78 is 0. The average molecular weight is 348 g/mol. The zero-order valence-electron chi connectivity index (χ0n) is 15.6. The first kappa shape index (κ1) is 19.5. The summed E-state index contributed by atoms with van der Waals surface area (Å²) in [6.45, 7) is 4.91. The van der Waals surface area contributed by atoms with Gasteiger partial charge in [0.1, 0.15) is 0 Å². The van der Waals surface area contributed by atoms with Crippen molar-refractivity contribution in [2.45, 2.75) is 65.2 Å². The summed E-state index contributed by atoms with van der Waals surface area (Å²) in [5.74, 6) is 0.596. The van der Waals surface area contributed by atoms with Crippen molar-refractivity contribution < 1.29 is 9.59 Å². The van der Waals surface area contributed by atoms with Crippen molar-refractivity contribution in [3.63, 3.8) is 0 Å². The van der Waals surface area contributed by atoms with E-state index in [2.05, 4.69) is 20.8 Å². The molecule has 1 aliphatic carbocycles. The number of nitrogens with one attached hydrogen (secondary N) is 3. The average Bonchev–Trinajstić information content (AvgIpc) is 3.26. The Morgan fingerprint density at radius 3 is 2.76 bits per heavy atom. The predicted octanol–water partition coefficient (Wildman–Crippen LogP) is 2.49. The van der Waals surface area contributed by atoms with Crippen LogP contribution in [0, 0.1) is 18.8 Å². The molecular weight excluding hydrogens is 316 g/mol. The van der Waals surface area contributed by atoms with E-state index >= 15 is 0 Å². The number of aromatic nitrogens is 2. The SMILES string of the molecule is Cc1[nH]ncc1CCCNC(=O)[C@@H](C)CNC(=O)CCC1CCCC1. The van der Waals surface area contributed by atoms with Crippen LogP contribution in [0.5, 0.6) is 0 Å². The molecule has 6 nitrogen and oxygen atoms in total. The molecule has 1 atom stereocenters. The lowest BCUT2D eigenvalue weighted by Crippen LogP contribution is -2.37. The van der Waals surface area contributed by atoms with E-state index in [0.717, 1.165) is 30.9 Å². The lowest BCUT2D eigenvalue weighted by atomic mass is 10.0. The van der Waals surface area contributed by atoms with Crippen molar-refractivity contribution in [2.24, 2.45) is 11.8 Å².